The van der Waals surface area contributed by atoms with Crippen molar-refractivity contribution < 1.29 is 8.42 Å². The Morgan fingerprint density at radius 1 is 1.31 bits per heavy atom. The number of halogens is 1. The molecule has 88 valence electrons. The second kappa shape index (κ2) is 4.55. The first-order valence-electron chi connectivity index (χ1n) is 5.00. The highest BCUT2D eigenvalue weighted by atomic mass is 35.5. The summed E-state index contributed by atoms with van der Waals surface area (Å²) in [7, 11) is -2.81. The molecule has 1 fully saturated rings. The molecule has 0 bridgehead atoms. The van der Waals surface area contributed by atoms with E-state index in [1.807, 2.05) is 0 Å². The van der Waals surface area contributed by atoms with Crippen LogP contribution in [0.4, 0.5) is 5.82 Å². The zero-order valence-corrected chi connectivity index (χ0v) is 10.1. The Kier molecular flexibility index (Phi) is 3.30. The van der Waals surface area contributed by atoms with Crippen LogP contribution in [0.1, 0.15) is 12.8 Å². The number of nitrogens with zero attached hydrogens (tertiary/aromatic N) is 2. The number of sulfone groups is 1. The highest BCUT2D eigenvalue weighted by Gasteiger charge is 2.23. The normalized spacial score (nSPS) is 20.6. The average molecular weight is 262 g/mol. The van der Waals surface area contributed by atoms with Crippen molar-refractivity contribution in [2.45, 2.75) is 18.9 Å². The number of hydrogen-bond acceptors (Lipinski definition) is 5. The summed E-state index contributed by atoms with van der Waals surface area (Å²) in [6.45, 7) is 0. The van der Waals surface area contributed by atoms with E-state index in [1.165, 1.54) is 6.33 Å². The van der Waals surface area contributed by atoms with Gasteiger partial charge in [-0.3, -0.25) is 0 Å². The lowest BCUT2D eigenvalue weighted by Gasteiger charge is -2.23. The van der Waals surface area contributed by atoms with Crippen LogP contribution >= 0.6 is 11.6 Å². The highest BCUT2D eigenvalue weighted by Crippen LogP contribution is 2.17. The van der Waals surface area contributed by atoms with Gasteiger partial charge in [-0.25, -0.2) is 18.4 Å². The number of aromatic nitrogens is 2. The summed E-state index contributed by atoms with van der Waals surface area (Å²) in [5, 5.41) is 3.54. The third-order valence-electron chi connectivity index (χ3n) is 2.54. The molecule has 5 nitrogen and oxygen atoms in total. The summed E-state index contributed by atoms with van der Waals surface area (Å²) in [5.74, 6) is 1.12. The Bertz CT molecular complexity index is 463. The first kappa shape index (κ1) is 11.6. The molecule has 7 heteroatoms. The van der Waals surface area contributed by atoms with Crippen LogP contribution in [0.15, 0.2) is 12.4 Å². The fraction of sp³-hybridized carbons (Fsp3) is 0.556. The fourth-order valence-corrected chi connectivity index (χ4v) is 3.29. The van der Waals surface area contributed by atoms with Crippen molar-refractivity contribution in [3.63, 3.8) is 0 Å². The Labute approximate surface area is 99.2 Å². The van der Waals surface area contributed by atoms with Crippen LogP contribution in [0.25, 0.3) is 0 Å². The maximum absolute atomic E-state index is 11.2. The Morgan fingerprint density at radius 2 is 2.00 bits per heavy atom. The van der Waals surface area contributed by atoms with E-state index in [2.05, 4.69) is 15.3 Å². The van der Waals surface area contributed by atoms with Crippen molar-refractivity contribution >= 4 is 27.3 Å². The molecule has 2 heterocycles. The number of rotatable bonds is 2. The van der Waals surface area contributed by atoms with E-state index >= 15 is 0 Å². The van der Waals surface area contributed by atoms with E-state index in [1.54, 1.807) is 6.07 Å². The molecule has 0 aliphatic carbocycles. The molecule has 0 unspecified atom stereocenters. The lowest BCUT2D eigenvalue weighted by Crippen LogP contribution is -2.32. The van der Waals surface area contributed by atoms with Gasteiger partial charge in [0.1, 0.15) is 27.1 Å². The topological polar surface area (TPSA) is 72.0 Å². The van der Waals surface area contributed by atoms with Crippen molar-refractivity contribution in [1.29, 1.82) is 0 Å². The molecule has 1 aromatic heterocycles. The lowest BCUT2D eigenvalue weighted by atomic mass is 10.1. The average Bonchev–Trinajstić information content (AvgIpc) is 2.21. The van der Waals surface area contributed by atoms with Crippen LogP contribution in [-0.4, -0.2) is 35.9 Å². The minimum absolute atomic E-state index is 0.148. The number of nitrogens with one attached hydrogen (secondary N) is 1. The summed E-state index contributed by atoms with van der Waals surface area (Å²) < 4.78 is 22.5. The van der Waals surface area contributed by atoms with Crippen LogP contribution in [0.5, 0.6) is 0 Å². The zero-order valence-electron chi connectivity index (χ0n) is 8.56. The third kappa shape index (κ3) is 3.05. The van der Waals surface area contributed by atoms with Gasteiger partial charge in [-0.2, -0.15) is 0 Å². The fourth-order valence-electron chi connectivity index (χ4n) is 1.66. The van der Waals surface area contributed by atoms with Crippen molar-refractivity contribution in [1.82, 2.24) is 9.97 Å². The molecular formula is C9H12ClN3O2S. The van der Waals surface area contributed by atoms with Gasteiger partial charge < -0.3 is 5.32 Å². The predicted molar refractivity (Wildman–Crippen MR) is 62.3 cm³/mol. The van der Waals surface area contributed by atoms with Gasteiger partial charge in [-0.05, 0) is 12.8 Å². The monoisotopic (exact) mass is 261 g/mol. The lowest BCUT2D eigenvalue weighted by molar-refractivity contribution is 0.559. The summed E-state index contributed by atoms with van der Waals surface area (Å²) in [6, 6.07) is 1.78. The Hall–Kier alpha value is -0.880. The van der Waals surface area contributed by atoms with Crippen molar-refractivity contribution in [2.75, 3.05) is 16.8 Å². The molecular weight excluding hydrogens is 250 g/mol. The maximum Gasteiger partial charge on any atom is 0.150 e. The van der Waals surface area contributed by atoms with Crippen LogP contribution in [-0.2, 0) is 9.84 Å². The van der Waals surface area contributed by atoms with Gasteiger partial charge in [-0.15, -0.1) is 0 Å². The van der Waals surface area contributed by atoms with Crippen LogP contribution < -0.4 is 5.32 Å². The molecule has 0 spiro atoms. The molecule has 2 rings (SSSR count). The van der Waals surface area contributed by atoms with E-state index in [-0.39, 0.29) is 17.5 Å². The molecule has 0 amide bonds. The summed E-state index contributed by atoms with van der Waals surface area (Å²) >= 11 is 5.72. The Morgan fingerprint density at radius 3 is 2.62 bits per heavy atom. The molecule has 0 saturated carbocycles. The second-order valence-electron chi connectivity index (χ2n) is 3.80. The van der Waals surface area contributed by atoms with E-state index in [0.717, 1.165) is 0 Å². The minimum atomic E-state index is -2.81. The predicted octanol–water partition coefficient (Wildman–Crippen LogP) is 1.12. The van der Waals surface area contributed by atoms with Crippen molar-refractivity contribution in [3.8, 4) is 0 Å². The zero-order chi connectivity index (χ0) is 11.6. The standard InChI is InChI=1S/C9H12ClN3O2S/c10-8-5-9(12-6-11-8)13-7-1-3-16(14,15)4-2-7/h5-7H,1-4H2,(H,11,12,13). The van der Waals surface area contributed by atoms with Crippen molar-refractivity contribution in [3.05, 3.63) is 17.5 Å². The van der Waals surface area contributed by atoms with Gasteiger partial charge in [0.25, 0.3) is 0 Å². The number of anilines is 1. The molecule has 1 aromatic rings. The van der Waals surface area contributed by atoms with Crippen LogP contribution in [0.3, 0.4) is 0 Å². The SMILES string of the molecule is O=S1(=O)CCC(Nc2cc(Cl)ncn2)CC1. The molecule has 0 radical (unpaired) electrons. The first-order chi connectivity index (χ1) is 7.55. The van der Waals surface area contributed by atoms with E-state index in [9.17, 15) is 8.42 Å². The molecule has 1 aliphatic rings. The molecule has 1 N–H and O–H groups in total. The number of hydrogen-bond donors (Lipinski definition) is 1. The van der Waals surface area contributed by atoms with E-state index in [4.69, 9.17) is 11.6 Å². The smallest absolute Gasteiger partial charge is 0.150 e. The van der Waals surface area contributed by atoms with Crippen LogP contribution in [0, 0.1) is 0 Å². The van der Waals surface area contributed by atoms with Gasteiger partial charge in [0.05, 0.1) is 11.5 Å². The van der Waals surface area contributed by atoms with E-state index < -0.39 is 9.84 Å². The first-order valence-corrected chi connectivity index (χ1v) is 7.20. The Balaban J connectivity index is 1.97. The molecule has 0 atom stereocenters. The van der Waals surface area contributed by atoms with E-state index in [0.29, 0.717) is 23.8 Å². The third-order valence-corrected chi connectivity index (χ3v) is 4.46. The quantitative estimate of drug-likeness (QED) is 0.808. The summed E-state index contributed by atoms with van der Waals surface area (Å²) in [6.07, 6.45) is 2.61. The second-order valence-corrected chi connectivity index (χ2v) is 6.49. The minimum Gasteiger partial charge on any atom is -0.367 e. The van der Waals surface area contributed by atoms with Gasteiger partial charge in [0, 0.05) is 12.1 Å². The maximum atomic E-state index is 11.2. The molecule has 0 aromatic carbocycles. The van der Waals surface area contributed by atoms with Crippen LogP contribution in [0.2, 0.25) is 5.15 Å². The highest BCUT2D eigenvalue weighted by molar-refractivity contribution is 7.91. The summed E-state index contributed by atoms with van der Waals surface area (Å²) in [4.78, 5) is 7.79. The molecule has 1 saturated heterocycles. The van der Waals surface area contributed by atoms with Gasteiger partial charge >= 0.3 is 0 Å². The molecule has 16 heavy (non-hydrogen) atoms. The summed E-state index contributed by atoms with van der Waals surface area (Å²) in [5.41, 5.74) is 0. The van der Waals surface area contributed by atoms with Gasteiger partial charge in [-0.1, -0.05) is 11.6 Å². The van der Waals surface area contributed by atoms with Gasteiger partial charge in [0.2, 0.25) is 0 Å². The van der Waals surface area contributed by atoms with Crippen molar-refractivity contribution in [2.24, 2.45) is 0 Å². The molecule has 1 aliphatic heterocycles. The van der Waals surface area contributed by atoms with Gasteiger partial charge in [0.15, 0.2) is 0 Å². The largest absolute Gasteiger partial charge is 0.367 e.